The van der Waals surface area contributed by atoms with E-state index in [-0.39, 0.29) is 0 Å². The zero-order valence-corrected chi connectivity index (χ0v) is 49.9. The van der Waals surface area contributed by atoms with Gasteiger partial charge in [-0.2, -0.15) is 0 Å². The molecule has 6 fully saturated rings. The zero-order valence-electron chi connectivity index (χ0n) is 49.9. The van der Waals surface area contributed by atoms with Gasteiger partial charge in [-0.3, -0.25) is 14.4 Å². The van der Waals surface area contributed by atoms with Gasteiger partial charge in [-0.05, 0) is 0 Å². The van der Waals surface area contributed by atoms with Crippen molar-refractivity contribution in [2.24, 2.45) is 0 Å². The molecule has 43 heteroatoms. The van der Waals surface area contributed by atoms with Crippen LogP contribution in [-0.2, 0) is 80.9 Å². The van der Waals surface area contributed by atoms with Gasteiger partial charge < -0.3 is 186 Å². The first-order valence-corrected chi connectivity index (χ1v) is 29.0. The average molecular weight is 1380 g/mol. The first-order valence-electron chi connectivity index (χ1n) is 29.0. The number of hydrogen-bond donors (Lipinski definition) is 26. The maximum absolute atomic E-state index is 13.6. The second-order valence-electron chi connectivity index (χ2n) is 23.3. The average Bonchev–Trinajstić information content (AvgIpc) is 0.766. The molecule has 542 valence electrons. The van der Waals surface area contributed by atoms with E-state index >= 15 is 0 Å². The topological polar surface area (TPSA) is 705 Å². The summed E-state index contributed by atoms with van der Waals surface area (Å²) in [7, 11) is 0. The molecule has 0 unspecified atom stereocenters. The molecule has 6 heterocycles. The number of hydrogen-bond acceptors (Lipinski definition) is 37. The number of carbonyl (C=O) groups excluding carboxylic acids is 3. The number of amides is 3. The standard InChI is InChI=1S/C51H83N3O40/c1-13(59)52-25-19(4-49(83,46(77)78)92-40(25)28(65)16(62)7-55)86-44-38(75)35(72)32(69)23(90-44)11-84-51(48(81)82)6-21(27(54-15(3)61)42(94-51)30(67)18(64)9-57)88-45-39(76)36(73)33(70)24(91-45)12-85-50(47(79)80)5-20(87-43-37(74)34(71)31(68)22(10-58)89-43)26(53-14(2)60)41(93-50)29(66)17(63)8-56/h16-45,55-58,62-76,83H,4-12H2,1-3H3,(H,52,59)(H,53,60)(H,54,61)(H,77,78)(H,79,80)(H,81,82)/t16-,17-,18-,19+,20+,21+,22-,23-,24-,25-,26-,27-,28-,29-,30-,31+,32+,33+,34+,35+,36+,37-,38-,39-,40-,41-,42-,43+,44+,45+,49-,50-,51-/m1/s1. The maximum atomic E-state index is 13.6. The molecule has 26 N–H and O–H groups in total. The van der Waals surface area contributed by atoms with Crippen LogP contribution in [0.1, 0.15) is 40.0 Å². The van der Waals surface area contributed by atoms with Gasteiger partial charge in [-0.1, -0.05) is 0 Å². The van der Waals surface area contributed by atoms with E-state index in [1.807, 2.05) is 0 Å². The minimum absolute atomic E-state index is 0.858. The van der Waals surface area contributed by atoms with Crippen LogP contribution in [0, 0.1) is 0 Å². The highest BCUT2D eigenvalue weighted by Gasteiger charge is 2.63. The third-order valence-electron chi connectivity index (χ3n) is 16.6. The highest BCUT2D eigenvalue weighted by Crippen LogP contribution is 2.42. The number of aliphatic carboxylic acids is 3. The predicted molar refractivity (Wildman–Crippen MR) is 286 cm³/mol. The molecule has 0 saturated carbocycles. The second-order valence-corrected chi connectivity index (χ2v) is 23.3. The quantitative estimate of drug-likeness (QED) is 0.0346. The number of nitrogens with one attached hydrogen (secondary N) is 3. The normalized spacial score (nSPS) is 43.2. The van der Waals surface area contributed by atoms with Crippen LogP contribution in [0.5, 0.6) is 0 Å². The second kappa shape index (κ2) is 32.5. The van der Waals surface area contributed by atoms with Gasteiger partial charge in [-0.25, -0.2) is 14.4 Å². The molecule has 6 aliphatic rings. The summed E-state index contributed by atoms with van der Waals surface area (Å²) in [5, 5.41) is 253. The van der Waals surface area contributed by atoms with Gasteiger partial charge in [0.1, 0.15) is 128 Å². The van der Waals surface area contributed by atoms with Crippen molar-refractivity contribution in [3.63, 3.8) is 0 Å². The summed E-state index contributed by atoms with van der Waals surface area (Å²) in [5.74, 6) is -19.5. The molecule has 43 nitrogen and oxygen atoms in total. The Labute approximate surface area is 529 Å². The number of carbonyl (C=O) groups is 6. The predicted octanol–water partition coefficient (Wildman–Crippen LogP) is -16.1. The zero-order chi connectivity index (χ0) is 70.5. The molecule has 33 atom stereocenters. The summed E-state index contributed by atoms with van der Waals surface area (Å²) < 4.78 is 62.7. The molecule has 0 radical (unpaired) electrons. The summed E-state index contributed by atoms with van der Waals surface area (Å²) in [6.45, 7) is -4.82. The van der Waals surface area contributed by atoms with Crippen molar-refractivity contribution in [2.45, 2.75) is 241 Å². The summed E-state index contributed by atoms with van der Waals surface area (Å²) in [5.41, 5.74) is 0. The van der Waals surface area contributed by atoms with Crippen molar-refractivity contribution >= 4 is 35.6 Å². The van der Waals surface area contributed by atoms with Crippen LogP contribution in [0.25, 0.3) is 0 Å². The van der Waals surface area contributed by atoms with Gasteiger partial charge in [0.25, 0.3) is 17.4 Å². The van der Waals surface area contributed by atoms with Crippen LogP contribution in [0.4, 0.5) is 0 Å². The van der Waals surface area contributed by atoms with E-state index in [0.29, 0.717) is 0 Å². The van der Waals surface area contributed by atoms with E-state index in [9.17, 15) is 146 Å². The fourth-order valence-corrected chi connectivity index (χ4v) is 11.5. The van der Waals surface area contributed by atoms with E-state index in [4.69, 9.17) is 52.1 Å². The van der Waals surface area contributed by atoms with Crippen LogP contribution in [-0.4, -0.2) is 394 Å². The molecule has 0 aromatic heterocycles. The lowest BCUT2D eigenvalue weighted by molar-refractivity contribution is -0.371. The Kier molecular flexibility index (Phi) is 27.2. The summed E-state index contributed by atoms with van der Waals surface area (Å²) in [6.07, 6.45) is -64.4. The molecule has 6 rings (SSSR count). The van der Waals surface area contributed by atoms with Gasteiger partial charge >= 0.3 is 17.9 Å². The van der Waals surface area contributed by atoms with E-state index in [2.05, 4.69) is 16.0 Å². The molecule has 0 aliphatic carbocycles. The third kappa shape index (κ3) is 17.2. The summed E-state index contributed by atoms with van der Waals surface area (Å²) in [6, 6.07) is -5.67. The lowest BCUT2D eigenvalue weighted by atomic mass is 9.87. The Morgan fingerprint density at radius 3 is 0.989 bits per heavy atom. The third-order valence-corrected chi connectivity index (χ3v) is 16.6. The summed E-state index contributed by atoms with van der Waals surface area (Å²) in [4.78, 5) is 77.4. The molecule has 6 saturated heterocycles. The Morgan fingerprint density at radius 1 is 0.426 bits per heavy atom. The highest BCUT2D eigenvalue weighted by atomic mass is 16.8. The number of aliphatic hydroxyl groups is 20. The molecular weight excluding hydrogens is 1290 g/mol. The number of carboxylic acids is 3. The largest absolute Gasteiger partial charge is 0.477 e. The fraction of sp³-hybridized carbons (Fsp3) is 0.882. The number of ether oxygens (including phenoxy) is 11. The monoisotopic (exact) mass is 1380 g/mol. The number of aliphatic hydroxyl groups excluding tert-OH is 19. The number of rotatable bonds is 28. The maximum Gasteiger partial charge on any atom is 0.364 e. The first kappa shape index (κ1) is 78.6. The Balaban J connectivity index is 1.33. The van der Waals surface area contributed by atoms with Crippen molar-refractivity contribution < 1.29 is 198 Å². The molecule has 0 spiro atoms. The lowest BCUT2D eigenvalue weighted by Gasteiger charge is -2.51. The van der Waals surface area contributed by atoms with Crippen LogP contribution in [0.3, 0.4) is 0 Å². The lowest BCUT2D eigenvalue weighted by Crippen LogP contribution is -2.71. The van der Waals surface area contributed by atoms with Crippen molar-refractivity contribution in [2.75, 3.05) is 39.6 Å². The SMILES string of the molecule is CC(=O)N[C@H]1[C@H]([C@H](O)[C@H](O)CO)O[C@@](OC[C@H]2O[C@H](O[C@H]3C[C@](OC[C@H]4O[C@H](O[C@H]5C[C@](O)(C(=O)O)O[C@@H]([C@H](O)[C@H](O)CO)[C@@H]5NC(C)=O)[C@H](O)[C@@H](O)[C@H]4O)(C(=O)O)O[C@@H]([C@H](O)[C@H](O)CO)[C@@H]3NC(C)=O)[C@H](O)[C@@H](O)[C@H]2O)(C(=O)O)C[C@@H]1O[C@H]1O[C@H](CO)[C@H](O)[C@H](O)[C@H]1O. The molecule has 0 aromatic rings. The fourth-order valence-electron chi connectivity index (χ4n) is 11.5. The smallest absolute Gasteiger partial charge is 0.364 e. The van der Waals surface area contributed by atoms with E-state index in [0.717, 1.165) is 20.8 Å². The van der Waals surface area contributed by atoms with Gasteiger partial charge in [0.2, 0.25) is 17.7 Å². The highest BCUT2D eigenvalue weighted by molar-refractivity contribution is 5.78. The molecule has 0 aromatic carbocycles. The van der Waals surface area contributed by atoms with Crippen LogP contribution < -0.4 is 16.0 Å². The Hall–Kier alpha value is -4.42. The van der Waals surface area contributed by atoms with Gasteiger partial charge in [-0.15, -0.1) is 0 Å². The van der Waals surface area contributed by atoms with Crippen molar-refractivity contribution in [3.05, 3.63) is 0 Å². The van der Waals surface area contributed by atoms with Gasteiger partial charge in [0, 0.05) is 40.0 Å². The van der Waals surface area contributed by atoms with Crippen LogP contribution in [0.2, 0.25) is 0 Å². The molecule has 3 amide bonds. The summed E-state index contributed by atoms with van der Waals surface area (Å²) >= 11 is 0. The van der Waals surface area contributed by atoms with E-state index < -0.39 is 295 Å². The van der Waals surface area contributed by atoms with Crippen molar-refractivity contribution in [1.29, 1.82) is 0 Å². The number of carboxylic acid groups (broad SMARTS) is 3. The van der Waals surface area contributed by atoms with E-state index in [1.165, 1.54) is 0 Å². The van der Waals surface area contributed by atoms with Gasteiger partial charge in [0.05, 0.1) is 76.1 Å². The molecule has 94 heavy (non-hydrogen) atoms. The molecule has 0 bridgehead atoms. The van der Waals surface area contributed by atoms with E-state index in [1.54, 1.807) is 0 Å². The molecule has 6 aliphatic heterocycles. The minimum Gasteiger partial charge on any atom is -0.477 e. The van der Waals surface area contributed by atoms with Crippen LogP contribution >= 0.6 is 0 Å². The van der Waals surface area contributed by atoms with Crippen molar-refractivity contribution in [1.82, 2.24) is 16.0 Å². The van der Waals surface area contributed by atoms with Crippen LogP contribution in [0.15, 0.2) is 0 Å². The minimum atomic E-state index is -3.40. The van der Waals surface area contributed by atoms with Crippen molar-refractivity contribution in [3.8, 4) is 0 Å². The first-order chi connectivity index (χ1) is 43.9. The molecular formula is C51H83N3O40. The van der Waals surface area contributed by atoms with Gasteiger partial charge in [0.15, 0.2) is 18.9 Å². The Bertz CT molecular complexity index is 2550. The Morgan fingerprint density at radius 2 is 0.713 bits per heavy atom.